The van der Waals surface area contributed by atoms with Crippen LogP contribution in [0.4, 0.5) is 5.82 Å². The van der Waals surface area contributed by atoms with Gasteiger partial charge in [-0.05, 0) is 48.4 Å². The van der Waals surface area contributed by atoms with Crippen LogP contribution in [-0.4, -0.2) is 35.4 Å². The summed E-state index contributed by atoms with van der Waals surface area (Å²) >= 11 is 1.82. The first-order valence-corrected chi connectivity index (χ1v) is 9.19. The maximum Gasteiger partial charge on any atom is 0.226 e. The number of fused-ring (bicyclic) bond motifs is 1. The summed E-state index contributed by atoms with van der Waals surface area (Å²) in [4.78, 5) is 23.0. The fourth-order valence-electron chi connectivity index (χ4n) is 3.59. The highest BCUT2D eigenvalue weighted by atomic mass is 32.1. The van der Waals surface area contributed by atoms with Gasteiger partial charge < -0.3 is 9.80 Å². The minimum absolute atomic E-state index is 0.176. The lowest BCUT2D eigenvalue weighted by Gasteiger charge is -2.36. The van der Waals surface area contributed by atoms with Crippen molar-refractivity contribution in [1.29, 1.82) is 0 Å². The predicted octanol–water partition coefficient (Wildman–Crippen LogP) is 2.94. The number of anilines is 1. The molecule has 2 aromatic heterocycles. The van der Waals surface area contributed by atoms with Crippen molar-refractivity contribution in [3.05, 3.63) is 46.3 Å². The van der Waals surface area contributed by atoms with Crippen LogP contribution >= 0.6 is 11.3 Å². The van der Waals surface area contributed by atoms with E-state index in [0.717, 1.165) is 51.3 Å². The molecule has 0 N–H and O–H groups in total. The number of rotatable bonds is 2. The van der Waals surface area contributed by atoms with Crippen LogP contribution in [0.2, 0.25) is 0 Å². The van der Waals surface area contributed by atoms with Crippen molar-refractivity contribution in [3.63, 3.8) is 0 Å². The molecule has 0 atom stereocenters. The van der Waals surface area contributed by atoms with E-state index in [9.17, 15) is 4.79 Å². The summed E-state index contributed by atoms with van der Waals surface area (Å²) in [5, 5.41) is 2.14. The highest BCUT2D eigenvalue weighted by Crippen LogP contribution is 2.28. The number of hydrogen-bond donors (Lipinski definition) is 0. The molecule has 0 radical (unpaired) electrons. The van der Waals surface area contributed by atoms with Gasteiger partial charge in [-0.2, -0.15) is 0 Å². The quantitative estimate of drug-likeness (QED) is 0.851. The number of pyridine rings is 1. The van der Waals surface area contributed by atoms with Crippen LogP contribution in [0, 0.1) is 5.92 Å². The molecular weight excluding hydrogens is 306 g/mol. The number of amides is 1. The van der Waals surface area contributed by atoms with Crippen molar-refractivity contribution in [1.82, 2.24) is 9.88 Å². The second-order valence-corrected chi connectivity index (χ2v) is 7.33. The highest BCUT2D eigenvalue weighted by molar-refractivity contribution is 7.10. The Balaban J connectivity index is 1.36. The van der Waals surface area contributed by atoms with Crippen molar-refractivity contribution in [3.8, 4) is 0 Å². The molecule has 0 aliphatic carbocycles. The minimum atomic E-state index is 0.176. The van der Waals surface area contributed by atoms with E-state index >= 15 is 0 Å². The lowest BCUT2D eigenvalue weighted by molar-refractivity contribution is -0.137. The van der Waals surface area contributed by atoms with Gasteiger partial charge in [-0.1, -0.05) is 6.07 Å². The molecule has 120 valence electrons. The van der Waals surface area contributed by atoms with Crippen molar-refractivity contribution < 1.29 is 4.79 Å². The van der Waals surface area contributed by atoms with Gasteiger partial charge in [0.15, 0.2) is 0 Å². The maximum atomic E-state index is 12.8. The lowest BCUT2D eigenvalue weighted by Crippen LogP contribution is -2.44. The number of carbonyl (C=O) groups is 1. The monoisotopic (exact) mass is 327 g/mol. The Labute approximate surface area is 140 Å². The summed E-state index contributed by atoms with van der Waals surface area (Å²) < 4.78 is 0. The normalized spacial score (nSPS) is 18.8. The van der Waals surface area contributed by atoms with Gasteiger partial charge in [-0.15, -0.1) is 11.3 Å². The molecule has 2 aromatic rings. The Morgan fingerprint density at radius 1 is 1.17 bits per heavy atom. The molecule has 4 rings (SSSR count). The minimum Gasteiger partial charge on any atom is -0.357 e. The van der Waals surface area contributed by atoms with E-state index in [1.54, 1.807) is 0 Å². The number of nitrogens with zero attached hydrogens (tertiary/aromatic N) is 3. The number of thiophene rings is 1. The first kappa shape index (κ1) is 14.7. The lowest BCUT2D eigenvalue weighted by atomic mass is 9.94. The van der Waals surface area contributed by atoms with Gasteiger partial charge in [0.05, 0.1) is 0 Å². The molecule has 5 heteroatoms. The molecule has 1 fully saturated rings. The van der Waals surface area contributed by atoms with Crippen molar-refractivity contribution in [2.75, 3.05) is 24.5 Å². The Hall–Kier alpha value is -1.88. The maximum absolute atomic E-state index is 12.8. The van der Waals surface area contributed by atoms with Crippen LogP contribution in [0.1, 0.15) is 23.3 Å². The van der Waals surface area contributed by atoms with Gasteiger partial charge >= 0.3 is 0 Å². The van der Waals surface area contributed by atoms with Gasteiger partial charge in [-0.3, -0.25) is 4.79 Å². The molecule has 1 amide bonds. The Morgan fingerprint density at radius 2 is 2.04 bits per heavy atom. The number of aromatic nitrogens is 1. The van der Waals surface area contributed by atoms with E-state index in [2.05, 4.69) is 26.2 Å². The SMILES string of the molecule is O=C(C1CCN(c2ccccn2)CC1)N1CCc2sccc2C1. The molecule has 4 heterocycles. The van der Waals surface area contributed by atoms with E-state index in [1.807, 2.05) is 35.7 Å². The van der Waals surface area contributed by atoms with Crippen LogP contribution in [0.15, 0.2) is 35.8 Å². The van der Waals surface area contributed by atoms with Crippen molar-refractivity contribution in [2.45, 2.75) is 25.8 Å². The molecule has 23 heavy (non-hydrogen) atoms. The van der Waals surface area contributed by atoms with Gasteiger partial charge in [0, 0.05) is 43.2 Å². The van der Waals surface area contributed by atoms with Gasteiger partial charge in [-0.25, -0.2) is 4.98 Å². The summed E-state index contributed by atoms with van der Waals surface area (Å²) in [5.74, 6) is 1.55. The zero-order valence-electron chi connectivity index (χ0n) is 13.1. The first-order valence-electron chi connectivity index (χ1n) is 8.31. The van der Waals surface area contributed by atoms with Crippen molar-refractivity contribution >= 4 is 23.1 Å². The van der Waals surface area contributed by atoms with Crippen molar-refractivity contribution in [2.24, 2.45) is 5.92 Å². The Morgan fingerprint density at radius 3 is 2.83 bits per heavy atom. The molecule has 0 spiro atoms. The van der Waals surface area contributed by atoms with Gasteiger partial charge in [0.2, 0.25) is 5.91 Å². The molecular formula is C18H21N3OS. The third-order valence-electron chi connectivity index (χ3n) is 4.94. The first-order chi connectivity index (χ1) is 11.3. The molecule has 0 unspecified atom stereocenters. The zero-order chi connectivity index (χ0) is 15.6. The fourth-order valence-corrected chi connectivity index (χ4v) is 4.48. The Bertz CT molecular complexity index is 677. The van der Waals surface area contributed by atoms with E-state index < -0.39 is 0 Å². The van der Waals surface area contributed by atoms with E-state index in [-0.39, 0.29) is 5.92 Å². The van der Waals surface area contributed by atoms with E-state index in [1.165, 1.54) is 10.4 Å². The van der Waals surface area contributed by atoms with Crippen LogP contribution in [-0.2, 0) is 17.8 Å². The van der Waals surface area contributed by atoms with Crippen LogP contribution in [0.5, 0.6) is 0 Å². The van der Waals surface area contributed by atoms with Gasteiger partial charge in [0.25, 0.3) is 0 Å². The van der Waals surface area contributed by atoms with Gasteiger partial charge in [0.1, 0.15) is 5.82 Å². The van der Waals surface area contributed by atoms with E-state index in [0.29, 0.717) is 5.91 Å². The molecule has 4 nitrogen and oxygen atoms in total. The smallest absolute Gasteiger partial charge is 0.226 e. The summed E-state index contributed by atoms with van der Waals surface area (Å²) in [7, 11) is 0. The molecule has 1 saturated heterocycles. The number of carbonyl (C=O) groups excluding carboxylic acids is 1. The topological polar surface area (TPSA) is 36.4 Å². The molecule has 0 saturated carbocycles. The van der Waals surface area contributed by atoms with Crippen LogP contribution < -0.4 is 4.90 Å². The second kappa shape index (κ2) is 6.32. The van der Waals surface area contributed by atoms with Crippen LogP contribution in [0.3, 0.4) is 0 Å². The fraction of sp³-hybridized carbons (Fsp3) is 0.444. The predicted molar refractivity (Wildman–Crippen MR) is 92.6 cm³/mol. The Kier molecular flexibility index (Phi) is 4.04. The van der Waals surface area contributed by atoms with E-state index in [4.69, 9.17) is 0 Å². The average molecular weight is 327 g/mol. The summed E-state index contributed by atoms with van der Waals surface area (Å²) in [6.07, 6.45) is 4.72. The van der Waals surface area contributed by atoms with Crippen LogP contribution in [0.25, 0.3) is 0 Å². The zero-order valence-corrected chi connectivity index (χ0v) is 14.0. The summed E-state index contributed by atoms with van der Waals surface area (Å²) in [5.41, 5.74) is 1.35. The second-order valence-electron chi connectivity index (χ2n) is 6.33. The standard InChI is InChI=1S/C18H21N3OS/c22-18(21-11-6-16-15(13-21)7-12-23-16)14-4-9-20(10-5-14)17-3-1-2-8-19-17/h1-3,7-8,12,14H,4-6,9-11,13H2. The largest absolute Gasteiger partial charge is 0.357 e. The molecule has 0 bridgehead atoms. The average Bonchev–Trinajstić information content (AvgIpc) is 3.10. The molecule has 2 aliphatic rings. The molecule has 0 aromatic carbocycles. The highest BCUT2D eigenvalue weighted by Gasteiger charge is 2.30. The summed E-state index contributed by atoms with van der Waals surface area (Å²) in [6.45, 7) is 3.53. The number of hydrogen-bond acceptors (Lipinski definition) is 4. The molecule has 2 aliphatic heterocycles. The number of piperidine rings is 1. The summed E-state index contributed by atoms with van der Waals surface area (Å²) in [6, 6.07) is 8.18. The third-order valence-corrected chi connectivity index (χ3v) is 5.96. The third kappa shape index (κ3) is 2.98.